The van der Waals surface area contributed by atoms with Crippen molar-refractivity contribution in [3.8, 4) is 0 Å². The Balaban J connectivity index is 2.59. The topological polar surface area (TPSA) is 95.1 Å². The van der Waals surface area contributed by atoms with Gasteiger partial charge in [-0.3, -0.25) is 4.79 Å². The first-order chi connectivity index (χ1) is 7.15. The van der Waals surface area contributed by atoms with Crippen molar-refractivity contribution in [3.05, 3.63) is 18.2 Å². The average Bonchev–Trinajstić information content (AvgIpc) is 2.69. The third-order valence-corrected chi connectivity index (χ3v) is 1.92. The minimum atomic E-state index is -1.02. The quantitative estimate of drug-likeness (QED) is 0.656. The molecule has 1 amide bonds. The molecule has 1 aromatic rings. The zero-order valence-corrected chi connectivity index (χ0v) is 8.36. The van der Waals surface area contributed by atoms with Gasteiger partial charge in [-0.05, 0) is 6.42 Å². The first-order valence-corrected chi connectivity index (χ1v) is 4.67. The molecule has 0 saturated heterocycles. The predicted molar refractivity (Wildman–Crippen MR) is 52.4 cm³/mol. The number of aliphatic carboxylic acids is 1. The first-order valence-electron chi connectivity index (χ1n) is 4.67. The standard InChI is InChI=1S/C9H13N3O3/c1-2-3-6(9(14)15)12-8(13)7-4-10-5-11-7/h4-6H,2-3H2,1H3,(H,10,11)(H,12,13)(H,14,15)/t6-/m1/s1. The van der Waals surface area contributed by atoms with Crippen molar-refractivity contribution in [1.29, 1.82) is 0 Å². The number of imidazole rings is 1. The molecule has 0 saturated carbocycles. The molecule has 0 unspecified atom stereocenters. The van der Waals surface area contributed by atoms with Crippen LogP contribution >= 0.6 is 0 Å². The van der Waals surface area contributed by atoms with Gasteiger partial charge in [0.25, 0.3) is 5.91 Å². The Morgan fingerprint density at radius 1 is 1.67 bits per heavy atom. The lowest BCUT2D eigenvalue weighted by molar-refractivity contribution is -0.139. The van der Waals surface area contributed by atoms with E-state index in [1.807, 2.05) is 6.92 Å². The van der Waals surface area contributed by atoms with Crippen molar-refractivity contribution < 1.29 is 14.7 Å². The maximum atomic E-state index is 11.4. The molecule has 82 valence electrons. The number of carbonyl (C=O) groups is 2. The number of carboxylic acids is 1. The van der Waals surface area contributed by atoms with Crippen LogP contribution in [0.2, 0.25) is 0 Å². The van der Waals surface area contributed by atoms with E-state index in [4.69, 9.17) is 5.11 Å². The minimum Gasteiger partial charge on any atom is -0.480 e. The number of aromatic nitrogens is 2. The second kappa shape index (κ2) is 5.14. The molecular weight excluding hydrogens is 198 g/mol. The minimum absolute atomic E-state index is 0.261. The molecule has 0 aromatic carbocycles. The molecule has 3 N–H and O–H groups in total. The second-order valence-corrected chi connectivity index (χ2v) is 3.12. The highest BCUT2D eigenvalue weighted by Gasteiger charge is 2.19. The summed E-state index contributed by atoms with van der Waals surface area (Å²) in [6.45, 7) is 1.86. The van der Waals surface area contributed by atoms with E-state index >= 15 is 0 Å². The molecule has 0 bridgehead atoms. The van der Waals surface area contributed by atoms with Crippen molar-refractivity contribution in [2.45, 2.75) is 25.8 Å². The number of carbonyl (C=O) groups excluding carboxylic acids is 1. The maximum absolute atomic E-state index is 11.4. The summed E-state index contributed by atoms with van der Waals surface area (Å²) in [6, 6.07) is -0.842. The van der Waals surface area contributed by atoms with Gasteiger partial charge in [-0.1, -0.05) is 13.3 Å². The summed E-state index contributed by atoms with van der Waals surface area (Å²) in [7, 11) is 0. The van der Waals surface area contributed by atoms with Crippen LogP contribution in [0, 0.1) is 0 Å². The number of amides is 1. The third kappa shape index (κ3) is 3.08. The van der Waals surface area contributed by atoms with E-state index in [2.05, 4.69) is 15.3 Å². The summed E-state index contributed by atoms with van der Waals surface area (Å²) in [6.07, 6.45) is 3.82. The lowest BCUT2D eigenvalue weighted by Gasteiger charge is -2.12. The normalized spacial score (nSPS) is 12.1. The zero-order chi connectivity index (χ0) is 11.3. The fourth-order valence-corrected chi connectivity index (χ4v) is 1.16. The van der Waals surface area contributed by atoms with Gasteiger partial charge in [0, 0.05) is 0 Å². The van der Waals surface area contributed by atoms with Gasteiger partial charge in [-0.15, -0.1) is 0 Å². The van der Waals surface area contributed by atoms with Gasteiger partial charge >= 0.3 is 5.97 Å². The summed E-state index contributed by atoms with van der Waals surface area (Å²) in [5.41, 5.74) is 0.261. The van der Waals surface area contributed by atoms with Crippen molar-refractivity contribution in [3.63, 3.8) is 0 Å². The Morgan fingerprint density at radius 2 is 2.40 bits per heavy atom. The summed E-state index contributed by atoms with van der Waals surface area (Å²) < 4.78 is 0. The van der Waals surface area contributed by atoms with Gasteiger partial charge in [-0.25, -0.2) is 9.78 Å². The molecule has 1 rings (SSSR count). The smallest absolute Gasteiger partial charge is 0.326 e. The molecular formula is C9H13N3O3. The van der Waals surface area contributed by atoms with E-state index in [1.165, 1.54) is 12.5 Å². The van der Waals surface area contributed by atoms with Crippen molar-refractivity contribution >= 4 is 11.9 Å². The predicted octanol–water partition coefficient (Wildman–Crippen LogP) is 0.393. The Labute approximate surface area is 86.7 Å². The largest absolute Gasteiger partial charge is 0.480 e. The lowest BCUT2D eigenvalue weighted by Crippen LogP contribution is -2.40. The first kappa shape index (κ1) is 11.2. The van der Waals surface area contributed by atoms with E-state index in [0.717, 1.165) is 0 Å². The van der Waals surface area contributed by atoms with E-state index in [1.54, 1.807) is 0 Å². The third-order valence-electron chi connectivity index (χ3n) is 1.92. The van der Waals surface area contributed by atoms with Crippen LogP contribution in [0.5, 0.6) is 0 Å². The highest BCUT2D eigenvalue weighted by Crippen LogP contribution is 1.99. The van der Waals surface area contributed by atoms with Gasteiger partial charge in [-0.2, -0.15) is 0 Å². The maximum Gasteiger partial charge on any atom is 0.326 e. The number of hydrogen-bond acceptors (Lipinski definition) is 3. The van der Waals surface area contributed by atoms with Gasteiger partial charge in [0.15, 0.2) is 0 Å². The molecule has 0 aliphatic carbocycles. The summed E-state index contributed by atoms with van der Waals surface area (Å²) in [4.78, 5) is 28.5. The van der Waals surface area contributed by atoms with Crippen LogP contribution < -0.4 is 5.32 Å². The number of H-pyrrole nitrogens is 1. The second-order valence-electron chi connectivity index (χ2n) is 3.12. The molecule has 6 heteroatoms. The number of rotatable bonds is 5. The molecule has 1 aromatic heterocycles. The molecule has 6 nitrogen and oxygen atoms in total. The number of hydrogen-bond donors (Lipinski definition) is 3. The van der Waals surface area contributed by atoms with Crippen LogP contribution in [0.3, 0.4) is 0 Å². The Bertz CT molecular complexity index is 334. The van der Waals surface area contributed by atoms with Crippen LogP contribution in [0.4, 0.5) is 0 Å². The highest BCUT2D eigenvalue weighted by atomic mass is 16.4. The summed E-state index contributed by atoms with van der Waals surface area (Å²) in [5.74, 6) is -1.47. The van der Waals surface area contributed by atoms with E-state index in [0.29, 0.717) is 12.8 Å². The van der Waals surface area contributed by atoms with Crippen molar-refractivity contribution in [2.24, 2.45) is 0 Å². The fraction of sp³-hybridized carbons (Fsp3) is 0.444. The van der Waals surface area contributed by atoms with E-state index in [-0.39, 0.29) is 5.69 Å². The SMILES string of the molecule is CCC[C@@H](NC(=O)c1cnc[nH]1)C(=O)O. The van der Waals surface area contributed by atoms with Crippen LogP contribution in [0.15, 0.2) is 12.5 Å². The number of carboxylic acid groups (broad SMARTS) is 1. The van der Waals surface area contributed by atoms with E-state index in [9.17, 15) is 9.59 Å². The molecule has 0 aliphatic rings. The van der Waals surface area contributed by atoms with Crippen molar-refractivity contribution in [2.75, 3.05) is 0 Å². The van der Waals surface area contributed by atoms with E-state index < -0.39 is 17.9 Å². The fourth-order valence-electron chi connectivity index (χ4n) is 1.16. The number of aromatic amines is 1. The molecule has 15 heavy (non-hydrogen) atoms. The number of nitrogens with zero attached hydrogens (tertiary/aromatic N) is 1. The van der Waals surface area contributed by atoms with Crippen LogP contribution in [-0.2, 0) is 4.79 Å². The van der Waals surface area contributed by atoms with Gasteiger partial charge in [0.2, 0.25) is 0 Å². The molecule has 0 aliphatic heterocycles. The van der Waals surface area contributed by atoms with Crippen LogP contribution in [0.25, 0.3) is 0 Å². The summed E-state index contributed by atoms with van der Waals surface area (Å²) in [5, 5.41) is 11.2. The Hall–Kier alpha value is -1.85. The van der Waals surface area contributed by atoms with Gasteiger partial charge in [0.05, 0.1) is 12.5 Å². The Morgan fingerprint density at radius 3 is 2.87 bits per heavy atom. The average molecular weight is 211 g/mol. The highest BCUT2D eigenvalue weighted by molar-refractivity contribution is 5.94. The van der Waals surface area contributed by atoms with Crippen LogP contribution in [-0.4, -0.2) is 33.0 Å². The molecule has 1 heterocycles. The van der Waals surface area contributed by atoms with Crippen molar-refractivity contribution in [1.82, 2.24) is 15.3 Å². The zero-order valence-electron chi connectivity index (χ0n) is 8.36. The van der Waals surface area contributed by atoms with Gasteiger partial charge in [0.1, 0.15) is 11.7 Å². The summed E-state index contributed by atoms with van der Waals surface area (Å²) >= 11 is 0. The molecule has 0 radical (unpaired) electrons. The lowest BCUT2D eigenvalue weighted by atomic mass is 10.1. The molecule has 1 atom stereocenters. The molecule has 0 spiro atoms. The number of nitrogens with one attached hydrogen (secondary N) is 2. The monoisotopic (exact) mass is 211 g/mol. The van der Waals surface area contributed by atoms with Gasteiger partial charge < -0.3 is 15.4 Å². The molecule has 0 fully saturated rings. The Kier molecular flexibility index (Phi) is 3.84. The van der Waals surface area contributed by atoms with Crippen LogP contribution in [0.1, 0.15) is 30.3 Å².